The summed E-state index contributed by atoms with van der Waals surface area (Å²) in [6, 6.07) is 18.8. The maximum atomic E-state index is 13.1. The summed E-state index contributed by atoms with van der Waals surface area (Å²) in [6.45, 7) is 5.96. The van der Waals surface area contributed by atoms with Crippen LogP contribution in [-0.4, -0.2) is 39.9 Å². The number of ketones is 1. The van der Waals surface area contributed by atoms with Crippen molar-refractivity contribution in [3.8, 4) is 0 Å². The van der Waals surface area contributed by atoms with E-state index in [0.717, 1.165) is 42.4 Å². The molecule has 3 saturated heterocycles. The molecule has 3 fully saturated rings. The number of hydrogen-bond donors (Lipinski definition) is 1. The highest BCUT2D eigenvalue weighted by atomic mass is 16.3. The molecule has 1 unspecified atom stereocenters. The maximum Gasteiger partial charge on any atom is 0.211 e. The molecule has 0 saturated carbocycles. The van der Waals surface area contributed by atoms with Crippen molar-refractivity contribution in [3.05, 3.63) is 90.1 Å². The van der Waals surface area contributed by atoms with Crippen LogP contribution in [0.3, 0.4) is 0 Å². The van der Waals surface area contributed by atoms with Crippen molar-refractivity contribution in [3.63, 3.8) is 0 Å². The zero-order chi connectivity index (χ0) is 20.7. The van der Waals surface area contributed by atoms with Crippen molar-refractivity contribution in [2.45, 2.75) is 25.0 Å². The number of aromatic nitrogens is 1. The SMILES string of the molecule is C=C[C@@H]1CN2CC[C@H]1C[C@H]2[C@H](O)c1cc(C(=O)c2ccccc2)nc2ccccc12. The summed E-state index contributed by atoms with van der Waals surface area (Å²) in [7, 11) is 0. The Labute approximate surface area is 176 Å². The Kier molecular flexibility index (Phi) is 4.97. The molecule has 4 heterocycles. The van der Waals surface area contributed by atoms with Crippen molar-refractivity contribution < 1.29 is 9.90 Å². The number of aliphatic hydroxyl groups excluding tert-OH is 1. The highest BCUT2D eigenvalue weighted by Gasteiger charge is 2.42. The van der Waals surface area contributed by atoms with Gasteiger partial charge in [0.15, 0.2) is 0 Å². The van der Waals surface area contributed by atoms with Gasteiger partial charge >= 0.3 is 0 Å². The minimum absolute atomic E-state index is 0.0606. The van der Waals surface area contributed by atoms with Gasteiger partial charge in [0.1, 0.15) is 5.69 Å². The first-order chi connectivity index (χ1) is 14.7. The van der Waals surface area contributed by atoms with E-state index in [2.05, 4.69) is 22.5 Å². The summed E-state index contributed by atoms with van der Waals surface area (Å²) in [4.78, 5) is 20.1. The second-order valence-electron chi connectivity index (χ2n) is 8.50. The molecule has 4 heteroatoms. The van der Waals surface area contributed by atoms with Crippen LogP contribution in [0.25, 0.3) is 10.9 Å². The number of fused-ring (bicyclic) bond motifs is 4. The molecule has 3 aliphatic heterocycles. The highest BCUT2D eigenvalue weighted by molar-refractivity contribution is 6.09. The van der Waals surface area contributed by atoms with E-state index in [1.807, 2.05) is 42.5 Å². The first kappa shape index (κ1) is 19.2. The fraction of sp³-hybridized carbons (Fsp3) is 0.308. The Balaban J connectivity index is 1.55. The minimum Gasteiger partial charge on any atom is -0.387 e. The molecule has 6 rings (SSSR count). The zero-order valence-electron chi connectivity index (χ0n) is 16.9. The third-order valence-corrected chi connectivity index (χ3v) is 6.85. The van der Waals surface area contributed by atoms with Gasteiger partial charge in [-0.1, -0.05) is 54.6 Å². The van der Waals surface area contributed by atoms with Gasteiger partial charge in [-0.05, 0) is 48.9 Å². The molecule has 2 aromatic carbocycles. The first-order valence-corrected chi connectivity index (χ1v) is 10.7. The van der Waals surface area contributed by atoms with Crippen molar-refractivity contribution in [1.29, 1.82) is 0 Å². The molecule has 0 radical (unpaired) electrons. The number of carbonyl (C=O) groups excluding carboxylic acids is 1. The molecule has 2 bridgehead atoms. The topological polar surface area (TPSA) is 53.4 Å². The normalized spacial score (nSPS) is 26.4. The van der Waals surface area contributed by atoms with E-state index in [0.29, 0.717) is 23.1 Å². The van der Waals surface area contributed by atoms with Crippen LogP contribution in [0, 0.1) is 11.8 Å². The number of hydrogen-bond acceptors (Lipinski definition) is 4. The lowest BCUT2D eigenvalue weighted by Crippen LogP contribution is -2.54. The summed E-state index contributed by atoms with van der Waals surface area (Å²) in [5.41, 5.74) is 2.53. The molecular weight excluding hydrogens is 372 g/mol. The molecule has 4 nitrogen and oxygen atoms in total. The van der Waals surface area contributed by atoms with Crippen LogP contribution in [0.5, 0.6) is 0 Å². The number of pyridine rings is 1. The lowest BCUT2D eigenvalue weighted by atomic mass is 9.73. The second kappa shape index (κ2) is 7.78. The Hall–Kier alpha value is -2.82. The van der Waals surface area contributed by atoms with Crippen LogP contribution in [0.15, 0.2) is 73.3 Å². The van der Waals surface area contributed by atoms with Crippen molar-refractivity contribution in [1.82, 2.24) is 9.88 Å². The molecule has 152 valence electrons. The number of nitrogens with zero attached hydrogens (tertiary/aromatic N) is 2. The molecule has 5 atom stereocenters. The van der Waals surface area contributed by atoms with Crippen LogP contribution in [0.4, 0.5) is 0 Å². The second-order valence-corrected chi connectivity index (χ2v) is 8.50. The van der Waals surface area contributed by atoms with Crippen LogP contribution in [-0.2, 0) is 0 Å². The molecular formula is C26H26N2O2. The number of aliphatic hydroxyl groups is 1. The largest absolute Gasteiger partial charge is 0.387 e. The van der Waals surface area contributed by atoms with E-state index < -0.39 is 6.10 Å². The Morgan fingerprint density at radius 2 is 1.93 bits per heavy atom. The van der Waals surface area contributed by atoms with Crippen LogP contribution in [0.1, 0.15) is 40.6 Å². The van der Waals surface area contributed by atoms with Gasteiger partial charge < -0.3 is 5.11 Å². The third kappa shape index (κ3) is 3.26. The molecule has 0 aliphatic carbocycles. The summed E-state index contributed by atoms with van der Waals surface area (Å²) in [5, 5.41) is 12.4. The number of benzene rings is 2. The predicted molar refractivity (Wildman–Crippen MR) is 118 cm³/mol. The average Bonchev–Trinajstić information content (AvgIpc) is 2.83. The molecule has 0 amide bonds. The third-order valence-electron chi connectivity index (χ3n) is 6.85. The Morgan fingerprint density at radius 1 is 1.17 bits per heavy atom. The fourth-order valence-electron chi connectivity index (χ4n) is 5.21. The molecule has 3 aromatic rings. The van der Waals surface area contributed by atoms with Gasteiger partial charge in [0.05, 0.1) is 11.6 Å². The molecule has 3 aliphatic rings. The van der Waals surface area contributed by atoms with Gasteiger partial charge in [-0.15, -0.1) is 6.58 Å². The van der Waals surface area contributed by atoms with Crippen molar-refractivity contribution in [2.75, 3.05) is 13.1 Å². The van der Waals surface area contributed by atoms with E-state index in [4.69, 9.17) is 0 Å². The summed E-state index contributed by atoms with van der Waals surface area (Å²) >= 11 is 0. The standard InChI is InChI=1S/C26H26N2O2/c1-2-17-16-28-13-12-19(17)14-24(28)26(30)21-15-23(25(29)18-8-4-3-5-9-18)27-22-11-7-6-10-20(21)22/h2-11,15,17,19,24,26,30H,1,12-14,16H2/t17-,19+,24+,26-/m1/s1. The predicted octanol–water partition coefficient (Wildman–Crippen LogP) is 4.40. The highest BCUT2D eigenvalue weighted by Crippen LogP contribution is 2.42. The lowest BCUT2D eigenvalue weighted by Gasteiger charge is -2.50. The quantitative estimate of drug-likeness (QED) is 0.511. The summed E-state index contributed by atoms with van der Waals surface area (Å²) in [5.74, 6) is 0.962. The van der Waals surface area contributed by atoms with Gasteiger partial charge in [0, 0.05) is 23.5 Å². The molecule has 0 spiro atoms. The molecule has 1 aromatic heterocycles. The molecule has 30 heavy (non-hydrogen) atoms. The number of para-hydroxylation sites is 1. The fourth-order valence-corrected chi connectivity index (χ4v) is 5.21. The number of rotatable bonds is 5. The van der Waals surface area contributed by atoms with E-state index in [1.165, 1.54) is 0 Å². The van der Waals surface area contributed by atoms with Crippen LogP contribution >= 0.6 is 0 Å². The number of carbonyl (C=O) groups is 1. The van der Waals surface area contributed by atoms with Gasteiger partial charge in [-0.3, -0.25) is 9.69 Å². The van der Waals surface area contributed by atoms with E-state index in [-0.39, 0.29) is 11.8 Å². The van der Waals surface area contributed by atoms with E-state index in [9.17, 15) is 9.90 Å². The average molecular weight is 399 g/mol. The maximum absolute atomic E-state index is 13.1. The zero-order valence-corrected chi connectivity index (χ0v) is 16.9. The van der Waals surface area contributed by atoms with Crippen molar-refractivity contribution in [2.24, 2.45) is 11.8 Å². The minimum atomic E-state index is -0.659. The first-order valence-electron chi connectivity index (χ1n) is 10.7. The summed E-state index contributed by atoms with van der Waals surface area (Å²) < 4.78 is 0. The van der Waals surface area contributed by atoms with Gasteiger partial charge in [0.2, 0.25) is 5.78 Å². The molecule has 1 N–H and O–H groups in total. The lowest BCUT2D eigenvalue weighted by molar-refractivity contribution is -0.0444. The van der Waals surface area contributed by atoms with Crippen molar-refractivity contribution >= 4 is 16.7 Å². The Morgan fingerprint density at radius 3 is 2.67 bits per heavy atom. The monoisotopic (exact) mass is 398 g/mol. The van der Waals surface area contributed by atoms with Crippen LogP contribution < -0.4 is 0 Å². The van der Waals surface area contributed by atoms with Gasteiger partial charge in [-0.25, -0.2) is 4.98 Å². The van der Waals surface area contributed by atoms with E-state index in [1.54, 1.807) is 18.2 Å². The van der Waals surface area contributed by atoms with Gasteiger partial charge in [-0.2, -0.15) is 0 Å². The van der Waals surface area contributed by atoms with Gasteiger partial charge in [0.25, 0.3) is 0 Å². The summed E-state index contributed by atoms with van der Waals surface area (Å²) in [6.07, 6.45) is 3.53. The van der Waals surface area contributed by atoms with E-state index >= 15 is 0 Å². The van der Waals surface area contributed by atoms with Crippen LogP contribution in [0.2, 0.25) is 0 Å². The smallest absolute Gasteiger partial charge is 0.211 e. The Bertz CT molecular complexity index is 1090. The number of piperidine rings is 3.